The molecule has 0 bridgehead atoms. The van der Waals surface area contributed by atoms with Crippen molar-refractivity contribution in [2.75, 3.05) is 6.61 Å². The zero-order valence-electron chi connectivity index (χ0n) is 9.68. The van der Waals surface area contributed by atoms with Crippen molar-refractivity contribution in [3.05, 3.63) is 18.0 Å². The third kappa shape index (κ3) is 2.83. The van der Waals surface area contributed by atoms with Crippen molar-refractivity contribution >= 4 is 0 Å². The van der Waals surface area contributed by atoms with E-state index in [2.05, 4.69) is 16.0 Å². The molecule has 1 saturated carbocycles. The molecule has 1 atom stereocenters. The number of aromatic nitrogens is 2. The maximum atomic E-state index is 8.89. The van der Waals surface area contributed by atoms with Gasteiger partial charge in [0, 0.05) is 18.7 Å². The maximum absolute atomic E-state index is 8.89. The molecule has 1 heterocycles. The molecule has 1 aliphatic carbocycles. The first-order chi connectivity index (χ1) is 7.79. The first-order valence-electron chi connectivity index (χ1n) is 6.20. The number of aliphatic hydroxyl groups excluding tert-OH is 1. The molecule has 1 aromatic rings. The fourth-order valence-electron chi connectivity index (χ4n) is 2.37. The molecule has 2 rings (SSSR count). The molecule has 1 fully saturated rings. The summed E-state index contributed by atoms with van der Waals surface area (Å²) in [6, 6.07) is 2.41. The molecular weight excluding hydrogens is 202 g/mol. The van der Waals surface area contributed by atoms with Crippen molar-refractivity contribution in [3.63, 3.8) is 0 Å². The fraction of sp³-hybridized carbons (Fsp3) is 0.750. The van der Waals surface area contributed by atoms with Crippen molar-refractivity contribution in [2.24, 2.45) is 5.73 Å². The van der Waals surface area contributed by atoms with Crippen molar-refractivity contribution < 1.29 is 5.11 Å². The van der Waals surface area contributed by atoms with Gasteiger partial charge in [0.25, 0.3) is 0 Å². The molecule has 0 spiro atoms. The summed E-state index contributed by atoms with van der Waals surface area (Å²) in [7, 11) is 0. The van der Waals surface area contributed by atoms with E-state index in [-0.39, 0.29) is 12.6 Å². The highest BCUT2D eigenvalue weighted by Gasteiger charge is 2.16. The van der Waals surface area contributed by atoms with Crippen LogP contribution in [0.25, 0.3) is 0 Å². The van der Waals surface area contributed by atoms with Gasteiger partial charge in [0.2, 0.25) is 0 Å². The number of hydrogen-bond acceptors (Lipinski definition) is 3. The summed E-state index contributed by atoms with van der Waals surface area (Å²) in [5.74, 6) is 0. The predicted octanol–water partition coefficient (Wildman–Crippen LogP) is 1.25. The van der Waals surface area contributed by atoms with Gasteiger partial charge >= 0.3 is 0 Å². The minimum absolute atomic E-state index is 0.0241. The molecule has 3 N–H and O–H groups in total. The van der Waals surface area contributed by atoms with E-state index in [1.807, 2.05) is 6.07 Å². The van der Waals surface area contributed by atoms with Gasteiger partial charge in [0.1, 0.15) is 0 Å². The molecule has 4 heteroatoms. The summed E-state index contributed by atoms with van der Waals surface area (Å²) in [5.41, 5.74) is 6.69. The maximum Gasteiger partial charge on any atom is 0.0641 e. The van der Waals surface area contributed by atoms with Crippen LogP contribution in [0.15, 0.2) is 12.3 Å². The summed E-state index contributed by atoms with van der Waals surface area (Å²) in [6.07, 6.45) is 9.19. The van der Waals surface area contributed by atoms with E-state index in [4.69, 9.17) is 10.8 Å². The number of hydrogen-bond donors (Lipinski definition) is 2. The van der Waals surface area contributed by atoms with Crippen LogP contribution in [-0.2, 0) is 6.42 Å². The molecule has 90 valence electrons. The first kappa shape index (κ1) is 11.6. The Kier molecular flexibility index (Phi) is 3.96. The van der Waals surface area contributed by atoms with Gasteiger partial charge in [0.05, 0.1) is 18.3 Å². The van der Waals surface area contributed by atoms with Gasteiger partial charge in [-0.2, -0.15) is 5.10 Å². The average molecular weight is 223 g/mol. The lowest BCUT2D eigenvalue weighted by atomic mass is 9.96. The van der Waals surface area contributed by atoms with Crippen molar-refractivity contribution in [3.8, 4) is 0 Å². The minimum atomic E-state index is -0.185. The molecule has 0 amide bonds. The van der Waals surface area contributed by atoms with Crippen LogP contribution in [-0.4, -0.2) is 27.5 Å². The highest BCUT2D eigenvalue weighted by Crippen LogP contribution is 2.27. The van der Waals surface area contributed by atoms with Gasteiger partial charge in [-0.25, -0.2) is 0 Å². The molecule has 16 heavy (non-hydrogen) atoms. The summed E-state index contributed by atoms with van der Waals surface area (Å²) in [4.78, 5) is 0. The predicted molar refractivity (Wildman–Crippen MR) is 63.1 cm³/mol. The molecule has 0 aliphatic heterocycles. The van der Waals surface area contributed by atoms with Crippen LogP contribution >= 0.6 is 0 Å². The summed E-state index contributed by atoms with van der Waals surface area (Å²) >= 11 is 0. The number of nitrogens with zero attached hydrogens (tertiary/aromatic N) is 2. The van der Waals surface area contributed by atoms with Crippen LogP contribution in [0.2, 0.25) is 0 Å². The van der Waals surface area contributed by atoms with E-state index in [9.17, 15) is 0 Å². The van der Waals surface area contributed by atoms with Crippen LogP contribution in [0.3, 0.4) is 0 Å². The highest BCUT2D eigenvalue weighted by atomic mass is 16.3. The molecule has 4 nitrogen and oxygen atoms in total. The van der Waals surface area contributed by atoms with E-state index < -0.39 is 0 Å². The molecule has 1 aliphatic rings. The van der Waals surface area contributed by atoms with E-state index in [0.29, 0.717) is 12.5 Å². The Morgan fingerprint density at radius 2 is 2.19 bits per heavy atom. The Hall–Kier alpha value is -0.870. The third-order valence-electron chi connectivity index (χ3n) is 3.32. The molecule has 1 aromatic heterocycles. The summed E-state index contributed by atoms with van der Waals surface area (Å²) < 4.78 is 2.08. The molecular formula is C12H21N3O. The highest BCUT2D eigenvalue weighted by molar-refractivity contribution is 5.02. The van der Waals surface area contributed by atoms with Gasteiger partial charge in [-0.1, -0.05) is 19.3 Å². The first-order valence-corrected chi connectivity index (χ1v) is 6.20. The van der Waals surface area contributed by atoms with Crippen LogP contribution in [0.5, 0.6) is 0 Å². The second-order valence-corrected chi connectivity index (χ2v) is 4.73. The zero-order chi connectivity index (χ0) is 11.4. The Morgan fingerprint density at radius 1 is 1.44 bits per heavy atom. The van der Waals surface area contributed by atoms with E-state index in [0.717, 1.165) is 5.69 Å². The lowest BCUT2D eigenvalue weighted by molar-refractivity contribution is 0.264. The average Bonchev–Trinajstić information content (AvgIpc) is 2.78. The van der Waals surface area contributed by atoms with Crippen LogP contribution in [0.4, 0.5) is 0 Å². The largest absolute Gasteiger partial charge is 0.395 e. The Balaban J connectivity index is 1.95. The SMILES string of the molecule is NC(CO)Cc1ccn(C2CCCCC2)n1. The van der Waals surface area contributed by atoms with E-state index in [1.165, 1.54) is 32.1 Å². The number of aliphatic hydroxyl groups is 1. The summed E-state index contributed by atoms with van der Waals surface area (Å²) in [6.45, 7) is 0.0241. The van der Waals surface area contributed by atoms with Crippen LogP contribution in [0, 0.1) is 0 Å². The molecule has 1 unspecified atom stereocenters. The van der Waals surface area contributed by atoms with E-state index >= 15 is 0 Å². The van der Waals surface area contributed by atoms with Crippen LogP contribution in [0.1, 0.15) is 43.8 Å². The van der Waals surface area contributed by atoms with E-state index in [1.54, 1.807) is 0 Å². The standard InChI is InChI=1S/C12H21N3O/c13-10(9-16)8-11-6-7-15(14-11)12-4-2-1-3-5-12/h6-7,10,12,16H,1-5,8-9,13H2. The van der Waals surface area contributed by atoms with Gasteiger partial charge in [0.15, 0.2) is 0 Å². The lowest BCUT2D eigenvalue weighted by Gasteiger charge is -2.21. The van der Waals surface area contributed by atoms with Crippen molar-refractivity contribution in [1.82, 2.24) is 9.78 Å². The normalized spacial score (nSPS) is 19.9. The molecule has 0 saturated heterocycles. The number of rotatable bonds is 4. The smallest absolute Gasteiger partial charge is 0.0641 e. The second-order valence-electron chi connectivity index (χ2n) is 4.73. The Bertz CT molecular complexity index is 318. The Labute approximate surface area is 96.5 Å². The molecule has 0 radical (unpaired) electrons. The monoisotopic (exact) mass is 223 g/mol. The van der Waals surface area contributed by atoms with Gasteiger partial charge in [-0.3, -0.25) is 4.68 Å². The fourth-order valence-corrected chi connectivity index (χ4v) is 2.37. The number of nitrogens with two attached hydrogens (primary N) is 1. The van der Waals surface area contributed by atoms with Gasteiger partial charge < -0.3 is 10.8 Å². The lowest BCUT2D eigenvalue weighted by Crippen LogP contribution is -2.27. The second kappa shape index (κ2) is 5.46. The van der Waals surface area contributed by atoms with Crippen molar-refractivity contribution in [1.29, 1.82) is 0 Å². The van der Waals surface area contributed by atoms with Gasteiger partial charge in [-0.15, -0.1) is 0 Å². The minimum Gasteiger partial charge on any atom is -0.395 e. The summed E-state index contributed by atoms with van der Waals surface area (Å²) in [5, 5.41) is 13.4. The zero-order valence-corrected chi connectivity index (χ0v) is 9.68. The topological polar surface area (TPSA) is 64.1 Å². The Morgan fingerprint density at radius 3 is 2.88 bits per heavy atom. The van der Waals surface area contributed by atoms with Crippen molar-refractivity contribution in [2.45, 2.75) is 50.6 Å². The third-order valence-corrected chi connectivity index (χ3v) is 3.32. The van der Waals surface area contributed by atoms with Gasteiger partial charge in [-0.05, 0) is 18.9 Å². The quantitative estimate of drug-likeness (QED) is 0.807. The molecule has 0 aromatic carbocycles. The van der Waals surface area contributed by atoms with Crippen LogP contribution < -0.4 is 5.73 Å².